The van der Waals surface area contributed by atoms with E-state index in [2.05, 4.69) is 15.5 Å². The molecule has 0 aliphatic carbocycles. The summed E-state index contributed by atoms with van der Waals surface area (Å²) in [6, 6.07) is 5.31. The van der Waals surface area contributed by atoms with E-state index in [1.165, 1.54) is 6.20 Å². The average Bonchev–Trinajstić information content (AvgIpc) is 2.85. The van der Waals surface area contributed by atoms with E-state index >= 15 is 0 Å². The van der Waals surface area contributed by atoms with Crippen LogP contribution in [0.4, 0.5) is 5.69 Å². The third kappa shape index (κ3) is 2.24. The van der Waals surface area contributed by atoms with Gasteiger partial charge in [0, 0.05) is 17.4 Å². The quantitative estimate of drug-likeness (QED) is 0.861. The lowest BCUT2D eigenvalue weighted by Crippen LogP contribution is -2.16. The lowest BCUT2D eigenvalue weighted by molar-refractivity contribution is 0.102. The van der Waals surface area contributed by atoms with Crippen LogP contribution in [-0.2, 0) is 0 Å². The van der Waals surface area contributed by atoms with Crippen molar-refractivity contribution in [3.05, 3.63) is 35.7 Å². The zero-order valence-corrected chi connectivity index (χ0v) is 10.4. The molecule has 1 aliphatic heterocycles. The summed E-state index contributed by atoms with van der Waals surface area (Å²) in [4.78, 5) is 12.0. The van der Waals surface area contributed by atoms with E-state index in [4.69, 9.17) is 9.47 Å². The van der Waals surface area contributed by atoms with Gasteiger partial charge in [-0.05, 0) is 19.1 Å². The highest BCUT2D eigenvalue weighted by atomic mass is 16.6. The molecule has 0 bridgehead atoms. The summed E-state index contributed by atoms with van der Waals surface area (Å²) in [5.74, 6) is 1.14. The van der Waals surface area contributed by atoms with Crippen LogP contribution < -0.4 is 14.8 Å². The summed E-state index contributed by atoms with van der Waals surface area (Å²) < 4.78 is 10.9. The van der Waals surface area contributed by atoms with Crippen molar-refractivity contribution in [1.29, 1.82) is 0 Å². The van der Waals surface area contributed by atoms with Gasteiger partial charge in [0.05, 0.1) is 11.8 Å². The van der Waals surface area contributed by atoms with Gasteiger partial charge in [-0.3, -0.25) is 9.89 Å². The van der Waals surface area contributed by atoms with Gasteiger partial charge < -0.3 is 14.8 Å². The van der Waals surface area contributed by atoms with Gasteiger partial charge in [-0.2, -0.15) is 5.10 Å². The minimum absolute atomic E-state index is 0.206. The van der Waals surface area contributed by atoms with Crippen molar-refractivity contribution in [3.8, 4) is 11.5 Å². The molecule has 0 spiro atoms. The number of H-pyrrole nitrogens is 1. The van der Waals surface area contributed by atoms with Crippen LogP contribution >= 0.6 is 0 Å². The maximum absolute atomic E-state index is 12.0. The van der Waals surface area contributed by atoms with Gasteiger partial charge in [0.15, 0.2) is 11.5 Å². The number of benzene rings is 1. The van der Waals surface area contributed by atoms with Crippen molar-refractivity contribution in [2.24, 2.45) is 0 Å². The molecule has 0 saturated heterocycles. The Morgan fingerprint density at radius 1 is 1.32 bits per heavy atom. The fraction of sp³-hybridized carbons (Fsp3) is 0.231. The number of carbonyl (C=O) groups excluding carboxylic acids is 1. The number of aryl methyl sites for hydroxylation is 1. The Hall–Kier alpha value is -2.50. The number of nitrogens with one attached hydrogen (secondary N) is 2. The molecule has 0 fully saturated rings. The molecule has 98 valence electrons. The maximum Gasteiger partial charge on any atom is 0.259 e. The molecule has 3 rings (SSSR count). The number of hydrogen-bond donors (Lipinski definition) is 2. The lowest BCUT2D eigenvalue weighted by Gasteiger charge is -2.18. The molecule has 1 aliphatic rings. The first kappa shape index (κ1) is 11.6. The molecule has 1 amide bonds. The first-order chi connectivity index (χ1) is 9.24. The number of carbonyl (C=O) groups is 1. The first-order valence-corrected chi connectivity index (χ1v) is 5.95. The number of nitrogens with zero attached hydrogens (tertiary/aromatic N) is 1. The van der Waals surface area contributed by atoms with Crippen molar-refractivity contribution >= 4 is 11.6 Å². The lowest BCUT2D eigenvalue weighted by atomic mass is 10.2. The molecular formula is C13H13N3O3. The highest BCUT2D eigenvalue weighted by Crippen LogP contribution is 2.32. The fourth-order valence-corrected chi connectivity index (χ4v) is 1.90. The van der Waals surface area contributed by atoms with Crippen LogP contribution in [0.15, 0.2) is 24.4 Å². The fourth-order valence-electron chi connectivity index (χ4n) is 1.90. The Morgan fingerprint density at radius 2 is 2.11 bits per heavy atom. The van der Waals surface area contributed by atoms with Crippen LogP contribution in [0.25, 0.3) is 0 Å². The zero-order chi connectivity index (χ0) is 13.2. The van der Waals surface area contributed by atoms with Gasteiger partial charge >= 0.3 is 0 Å². The summed E-state index contributed by atoms with van der Waals surface area (Å²) in [5, 5.41) is 9.35. The van der Waals surface area contributed by atoms with Crippen LogP contribution in [0.2, 0.25) is 0 Å². The summed E-state index contributed by atoms with van der Waals surface area (Å²) in [6.45, 7) is 2.86. The van der Waals surface area contributed by atoms with Crippen molar-refractivity contribution in [2.45, 2.75) is 6.92 Å². The third-order valence-electron chi connectivity index (χ3n) is 2.87. The number of rotatable bonds is 2. The first-order valence-electron chi connectivity index (χ1n) is 5.95. The second kappa shape index (κ2) is 4.64. The minimum Gasteiger partial charge on any atom is -0.486 e. The Kier molecular flexibility index (Phi) is 2.83. The topological polar surface area (TPSA) is 76.2 Å². The third-order valence-corrected chi connectivity index (χ3v) is 2.87. The van der Waals surface area contributed by atoms with E-state index in [1.807, 2.05) is 0 Å². The Morgan fingerprint density at radius 3 is 2.84 bits per heavy atom. The number of aromatic nitrogens is 2. The van der Waals surface area contributed by atoms with Gasteiger partial charge in [0.2, 0.25) is 0 Å². The molecule has 2 N–H and O–H groups in total. The van der Waals surface area contributed by atoms with Gasteiger partial charge in [-0.15, -0.1) is 0 Å². The van der Waals surface area contributed by atoms with Gasteiger partial charge in [-0.1, -0.05) is 0 Å². The van der Waals surface area contributed by atoms with Crippen LogP contribution in [0, 0.1) is 6.92 Å². The second-order valence-electron chi connectivity index (χ2n) is 4.22. The second-order valence-corrected chi connectivity index (χ2v) is 4.22. The summed E-state index contributed by atoms with van der Waals surface area (Å²) >= 11 is 0. The molecule has 0 atom stereocenters. The molecule has 0 saturated carbocycles. The Labute approximate surface area is 109 Å². The van der Waals surface area contributed by atoms with Gasteiger partial charge in [-0.25, -0.2) is 0 Å². The van der Waals surface area contributed by atoms with Crippen LogP contribution in [-0.4, -0.2) is 29.3 Å². The highest BCUT2D eigenvalue weighted by Gasteiger charge is 2.14. The SMILES string of the molecule is Cc1[nH]ncc1C(=O)Nc1ccc2c(c1)OCCO2. The molecule has 0 unspecified atom stereocenters. The van der Waals surface area contributed by atoms with Crippen LogP contribution in [0.3, 0.4) is 0 Å². The summed E-state index contributed by atoms with van der Waals surface area (Å²) in [5.41, 5.74) is 1.92. The van der Waals surface area contributed by atoms with Crippen molar-refractivity contribution < 1.29 is 14.3 Å². The normalized spacial score (nSPS) is 13.1. The molecule has 6 nitrogen and oxygen atoms in total. The van der Waals surface area contributed by atoms with E-state index in [0.717, 1.165) is 5.69 Å². The van der Waals surface area contributed by atoms with Crippen molar-refractivity contribution in [2.75, 3.05) is 18.5 Å². The molecule has 0 radical (unpaired) electrons. The zero-order valence-electron chi connectivity index (χ0n) is 10.4. The summed E-state index contributed by atoms with van der Waals surface area (Å²) in [7, 11) is 0. The number of fused-ring (bicyclic) bond motifs is 1. The molecule has 2 heterocycles. The van der Waals surface area contributed by atoms with E-state index in [-0.39, 0.29) is 5.91 Å². The predicted octanol–water partition coefficient (Wildman–Crippen LogP) is 1.74. The predicted molar refractivity (Wildman–Crippen MR) is 68.7 cm³/mol. The molecule has 1 aromatic heterocycles. The van der Waals surface area contributed by atoms with Crippen molar-refractivity contribution in [3.63, 3.8) is 0 Å². The Balaban J connectivity index is 1.80. The summed E-state index contributed by atoms with van der Waals surface area (Å²) in [6.07, 6.45) is 1.50. The minimum atomic E-state index is -0.206. The largest absolute Gasteiger partial charge is 0.486 e. The number of amides is 1. The van der Waals surface area contributed by atoms with E-state index in [1.54, 1.807) is 25.1 Å². The van der Waals surface area contributed by atoms with E-state index in [0.29, 0.717) is 36.0 Å². The van der Waals surface area contributed by atoms with Gasteiger partial charge in [0.25, 0.3) is 5.91 Å². The molecule has 2 aromatic rings. The maximum atomic E-state index is 12.0. The molecule has 1 aromatic carbocycles. The number of hydrogen-bond acceptors (Lipinski definition) is 4. The smallest absolute Gasteiger partial charge is 0.259 e. The van der Waals surface area contributed by atoms with Crippen LogP contribution in [0.5, 0.6) is 11.5 Å². The van der Waals surface area contributed by atoms with E-state index in [9.17, 15) is 4.79 Å². The van der Waals surface area contributed by atoms with E-state index < -0.39 is 0 Å². The number of ether oxygens (including phenoxy) is 2. The number of aromatic amines is 1. The average molecular weight is 259 g/mol. The van der Waals surface area contributed by atoms with Gasteiger partial charge in [0.1, 0.15) is 13.2 Å². The monoisotopic (exact) mass is 259 g/mol. The standard InChI is InChI=1S/C13H13N3O3/c1-8-10(7-14-16-8)13(17)15-9-2-3-11-12(6-9)19-5-4-18-11/h2-3,6-7H,4-5H2,1H3,(H,14,16)(H,15,17). The molecular weight excluding hydrogens is 246 g/mol. The molecule has 19 heavy (non-hydrogen) atoms. The highest BCUT2D eigenvalue weighted by molar-refractivity contribution is 6.04. The van der Waals surface area contributed by atoms with Crippen LogP contribution in [0.1, 0.15) is 16.1 Å². The number of anilines is 1. The Bertz CT molecular complexity index is 621. The van der Waals surface area contributed by atoms with Crippen molar-refractivity contribution in [1.82, 2.24) is 10.2 Å². The molecule has 6 heteroatoms.